The molecule has 0 aromatic heterocycles. The molecule has 0 saturated carbocycles. The average molecular weight is 453 g/mol. The van der Waals surface area contributed by atoms with E-state index >= 15 is 0 Å². The smallest absolute Gasteiger partial charge is 0.338 e. The van der Waals surface area contributed by atoms with Crippen LogP contribution in [0.5, 0.6) is 5.75 Å². The molecule has 170 valence electrons. The van der Waals surface area contributed by atoms with Gasteiger partial charge in [-0.2, -0.15) is 0 Å². The molecular weight excluding hydrogens is 420 g/mol. The first-order valence-corrected chi connectivity index (χ1v) is 12.0. The summed E-state index contributed by atoms with van der Waals surface area (Å²) in [4.78, 5) is 17.8. The van der Waals surface area contributed by atoms with Crippen LogP contribution < -0.4 is 10.1 Å². The number of nitrogens with zero attached hydrogens (tertiary/aromatic N) is 1. The van der Waals surface area contributed by atoms with Gasteiger partial charge in [0, 0.05) is 17.0 Å². The standard InChI is InChI=1S/C26H32N2O3S/c1-7-30-22-12-10-9-11-20(22)24-23(25(29)31-8-2)19(6)27-26(28-24)32-15-21-17(4)13-16(3)14-18(21)5/h9-14,24H,7-8,15H2,1-6H3,(H,27,28)/t24-/m0/s1. The third kappa shape index (κ3) is 5.36. The molecule has 0 amide bonds. The van der Waals surface area contributed by atoms with E-state index in [0.717, 1.165) is 27.9 Å². The number of para-hydroxylation sites is 1. The molecule has 1 atom stereocenters. The monoisotopic (exact) mass is 452 g/mol. The maximum atomic E-state index is 12.8. The number of ether oxygens (including phenoxy) is 2. The summed E-state index contributed by atoms with van der Waals surface area (Å²) in [6, 6.07) is 11.7. The molecule has 2 aromatic carbocycles. The molecule has 5 nitrogen and oxygen atoms in total. The summed E-state index contributed by atoms with van der Waals surface area (Å²) in [7, 11) is 0. The Hall–Kier alpha value is -2.73. The topological polar surface area (TPSA) is 59.9 Å². The number of amidine groups is 1. The molecule has 3 rings (SSSR count). The van der Waals surface area contributed by atoms with E-state index < -0.39 is 6.04 Å². The number of carbonyl (C=O) groups excluding carboxylic acids is 1. The maximum absolute atomic E-state index is 12.8. The first kappa shape index (κ1) is 23.9. The van der Waals surface area contributed by atoms with Crippen molar-refractivity contribution in [2.24, 2.45) is 4.99 Å². The second kappa shape index (κ2) is 10.7. The summed E-state index contributed by atoms with van der Waals surface area (Å²) in [5.41, 5.74) is 7.29. The van der Waals surface area contributed by atoms with E-state index in [2.05, 4.69) is 38.2 Å². The zero-order valence-electron chi connectivity index (χ0n) is 19.7. The summed E-state index contributed by atoms with van der Waals surface area (Å²) in [6.07, 6.45) is 0. The molecule has 0 unspecified atom stereocenters. The molecule has 0 radical (unpaired) electrons. The van der Waals surface area contributed by atoms with Crippen LogP contribution in [-0.2, 0) is 15.3 Å². The van der Waals surface area contributed by atoms with E-state index in [4.69, 9.17) is 14.5 Å². The lowest BCUT2D eigenvalue weighted by Gasteiger charge is -2.27. The van der Waals surface area contributed by atoms with Gasteiger partial charge in [-0.1, -0.05) is 47.7 Å². The van der Waals surface area contributed by atoms with E-state index in [9.17, 15) is 4.79 Å². The Balaban J connectivity index is 1.96. The molecule has 1 aliphatic rings. The highest BCUT2D eigenvalue weighted by atomic mass is 32.2. The number of hydrogen-bond acceptors (Lipinski definition) is 6. The fourth-order valence-electron chi connectivity index (χ4n) is 3.99. The number of rotatable bonds is 7. The van der Waals surface area contributed by atoms with Gasteiger partial charge in [0.05, 0.1) is 18.8 Å². The van der Waals surface area contributed by atoms with Crippen LogP contribution in [0.1, 0.15) is 54.6 Å². The Kier molecular flexibility index (Phi) is 8.02. The molecule has 1 heterocycles. The molecule has 0 fully saturated rings. The maximum Gasteiger partial charge on any atom is 0.338 e. The molecular formula is C26H32N2O3S. The number of aryl methyl sites for hydroxylation is 3. The molecule has 32 heavy (non-hydrogen) atoms. The minimum atomic E-state index is -0.485. The number of aliphatic imine (C=N–C) groups is 1. The van der Waals surface area contributed by atoms with E-state index in [-0.39, 0.29) is 5.97 Å². The van der Waals surface area contributed by atoms with Crippen molar-refractivity contribution in [2.45, 2.75) is 53.3 Å². The summed E-state index contributed by atoms with van der Waals surface area (Å²) >= 11 is 1.64. The molecule has 0 saturated heterocycles. The number of nitrogens with one attached hydrogen (secondary N) is 1. The van der Waals surface area contributed by atoms with Gasteiger partial charge in [0.2, 0.25) is 0 Å². The molecule has 0 bridgehead atoms. The number of hydrogen-bond donors (Lipinski definition) is 1. The van der Waals surface area contributed by atoms with Gasteiger partial charge in [0.15, 0.2) is 5.17 Å². The van der Waals surface area contributed by atoms with Crippen LogP contribution in [0.2, 0.25) is 0 Å². The Morgan fingerprint density at radius 3 is 2.41 bits per heavy atom. The van der Waals surface area contributed by atoms with Gasteiger partial charge in [-0.3, -0.25) is 0 Å². The fourth-order valence-corrected chi connectivity index (χ4v) is 5.13. The zero-order chi connectivity index (χ0) is 23.3. The average Bonchev–Trinajstić information content (AvgIpc) is 2.73. The third-order valence-corrected chi connectivity index (χ3v) is 6.33. The van der Waals surface area contributed by atoms with Gasteiger partial charge in [-0.05, 0) is 64.3 Å². The second-order valence-corrected chi connectivity index (χ2v) is 8.82. The van der Waals surface area contributed by atoms with Crippen molar-refractivity contribution in [1.29, 1.82) is 0 Å². The highest BCUT2D eigenvalue weighted by Gasteiger charge is 2.32. The Morgan fingerprint density at radius 2 is 1.75 bits per heavy atom. The minimum absolute atomic E-state index is 0.312. The Labute approximate surface area is 195 Å². The predicted molar refractivity (Wildman–Crippen MR) is 132 cm³/mol. The van der Waals surface area contributed by atoms with Gasteiger partial charge in [-0.25, -0.2) is 9.79 Å². The molecule has 0 aliphatic carbocycles. The summed E-state index contributed by atoms with van der Waals surface area (Å²) in [6.45, 7) is 12.9. The van der Waals surface area contributed by atoms with E-state index in [1.807, 2.05) is 45.0 Å². The van der Waals surface area contributed by atoms with Crippen molar-refractivity contribution in [3.8, 4) is 5.75 Å². The van der Waals surface area contributed by atoms with Crippen LogP contribution in [0.4, 0.5) is 0 Å². The number of carbonyl (C=O) groups is 1. The quantitative estimate of drug-likeness (QED) is 0.540. The van der Waals surface area contributed by atoms with E-state index in [1.54, 1.807) is 11.8 Å². The SMILES string of the molecule is CCOC(=O)C1=C(C)NC(SCc2c(C)cc(C)cc2C)=N[C@H]1c1ccccc1OCC. The van der Waals surface area contributed by atoms with Crippen molar-refractivity contribution < 1.29 is 14.3 Å². The van der Waals surface area contributed by atoms with Gasteiger partial charge in [-0.15, -0.1) is 0 Å². The molecule has 0 spiro atoms. The summed E-state index contributed by atoms with van der Waals surface area (Å²) in [5.74, 6) is 1.17. The third-order valence-electron chi connectivity index (χ3n) is 5.42. The number of benzene rings is 2. The lowest BCUT2D eigenvalue weighted by atomic mass is 9.96. The van der Waals surface area contributed by atoms with Crippen molar-refractivity contribution in [3.05, 3.63) is 75.5 Å². The molecule has 1 aliphatic heterocycles. The van der Waals surface area contributed by atoms with Crippen LogP contribution in [0.15, 0.2) is 52.7 Å². The van der Waals surface area contributed by atoms with Crippen LogP contribution in [-0.4, -0.2) is 24.4 Å². The van der Waals surface area contributed by atoms with Gasteiger partial charge in [0.25, 0.3) is 0 Å². The number of allylic oxidation sites excluding steroid dienone is 1. The van der Waals surface area contributed by atoms with Crippen LogP contribution in [0.3, 0.4) is 0 Å². The van der Waals surface area contributed by atoms with Crippen LogP contribution >= 0.6 is 11.8 Å². The highest BCUT2D eigenvalue weighted by molar-refractivity contribution is 8.13. The van der Waals surface area contributed by atoms with Crippen LogP contribution in [0, 0.1) is 20.8 Å². The first-order chi connectivity index (χ1) is 15.3. The van der Waals surface area contributed by atoms with Gasteiger partial charge >= 0.3 is 5.97 Å². The number of thioether (sulfide) groups is 1. The zero-order valence-corrected chi connectivity index (χ0v) is 20.6. The van der Waals surface area contributed by atoms with Crippen molar-refractivity contribution in [1.82, 2.24) is 5.32 Å². The Morgan fingerprint density at radius 1 is 1.06 bits per heavy atom. The molecule has 6 heteroatoms. The highest BCUT2D eigenvalue weighted by Crippen LogP contribution is 2.38. The lowest BCUT2D eigenvalue weighted by molar-refractivity contribution is -0.138. The van der Waals surface area contributed by atoms with Crippen LogP contribution in [0.25, 0.3) is 0 Å². The van der Waals surface area contributed by atoms with Gasteiger partial charge < -0.3 is 14.8 Å². The Bertz CT molecular complexity index is 1040. The van der Waals surface area contributed by atoms with E-state index in [1.165, 1.54) is 22.3 Å². The minimum Gasteiger partial charge on any atom is -0.494 e. The van der Waals surface area contributed by atoms with Crippen molar-refractivity contribution in [2.75, 3.05) is 13.2 Å². The fraction of sp³-hybridized carbons (Fsp3) is 0.385. The van der Waals surface area contributed by atoms with Crippen molar-refractivity contribution in [3.63, 3.8) is 0 Å². The van der Waals surface area contributed by atoms with Gasteiger partial charge in [0.1, 0.15) is 11.8 Å². The normalized spacial score (nSPS) is 15.8. The first-order valence-electron chi connectivity index (χ1n) is 11.0. The lowest BCUT2D eigenvalue weighted by Crippen LogP contribution is -2.30. The molecule has 1 N–H and O–H groups in total. The predicted octanol–water partition coefficient (Wildman–Crippen LogP) is 5.78. The summed E-state index contributed by atoms with van der Waals surface area (Å²) < 4.78 is 11.2. The van der Waals surface area contributed by atoms with E-state index in [0.29, 0.717) is 18.8 Å². The summed E-state index contributed by atoms with van der Waals surface area (Å²) in [5, 5.41) is 4.11. The largest absolute Gasteiger partial charge is 0.494 e. The second-order valence-electron chi connectivity index (χ2n) is 7.86. The van der Waals surface area contributed by atoms with Crippen molar-refractivity contribution >= 4 is 22.9 Å². The molecule has 2 aromatic rings. The number of esters is 1.